The van der Waals surface area contributed by atoms with E-state index in [0.717, 1.165) is 5.56 Å². The highest BCUT2D eigenvalue weighted by Gasteiger charge is 2.25. The molecule has 24 heavy (non-hydrogen) atoms. The van der Waals surface area contributed by atoms with Crippen LogP contribution in [0.25, 0.3) is 0 Å². The maximum Gasteiger partial charge on any atom is 0.289 e. The quantitative estimate of drug-likeness (QED) is 0.865. The molecule has 1 aromatic heterocycles. The van der Waals surface area contributed by atoms with E-state index in [1.54, 1.807) is 34.1 Å². The molecule has 0 unspecified atom stereocenters. The fourth-order valence-electron chi connectivity index (χ4n) is 2.78. The molecule has 0 saturated carbocycles. The molecule has 3 rings (SSSR count). The summed E-state index contributed by atoms with van der Waals surface area (Å²) in [6.07, 6.45) is 2.45. The van der Waals surface area contributed by atoms with Gasteiger partial charge in [-0.15, -0.1) is 0 Å². The lowest BCUT2D eigenvalue weighted by molar-refractivity contribution is -0.132. The number of carbonyl (C=O) groups excluding carboxylic acids is 2. The second-order valence-corrected chi connectivity index (χ2v) is 5.78. The molecule has 2 aromatic rings. The van der Waals surface area contributed by atoms with Gasteiger partial charge in [0.25, 0.3) is 5.91 Å². The van der Waals surface area contributed by atoms with E-state index < -0.39 is 0 Å². The van der Waals surface area contributed by atoms with Crippen molar-refractivity contribution in [2.45, 2.75) is 12.8 Å². The average molecular weight is 330 g/mol. The number of carbonyl (C=O) groups is 2. The van der Waals surface area contributed by atoms with E-state index in [4.69, 9.17) is 4.42 Å². The van der Waals surface area contributed by atoms with Crippen molar-refractivity contribution in [3.8, 4) is 0 Å². The van der Waals surface area contributed by atoms with Crippen LogP contribution in [0.3, 0.4) is 0 Å². The average Bonchev–Trinajstić information content (AvgIpc) is 3.15. The van der Waals surface area contributed by atoms with E-state index in [2.05, 4.69) is 0 Å². The van der Waals surface area contributed by atoms with Crippen LogP contribution in [0.2, 0.25) is 0 Å². The highest BCUT2D eigenvalue weighted by Crippen LogP contribution is 2.12. The van der Waals surface area contributed by atoms with Crippen LogP contribution in [0.1, 0.15) is 22.5 Å². The number of piperazine rings is 1. The fourth-order valence-corrected chi connectivity index (χ4v) is 2.78. The highest BCUT2D eigenvalue weighted by molar-refractivity contribution is 5.91. The van der Waals surface area contributed by atoms with Gasteiger partial charge in [0.05, 0.1) is 6.26 Å². The summed E-state index contributed by atoms with van der Waals surface area (Å²) in [4.78, 5) is 27.9. The topological polar surface area (TPSA) is 53.8 Å². The molecule has 0 N–H and O–H groups in total. The van der Waals surface area contributed by atoms with Gasteiger partial charge in [0, 0.05) is 32.6 Å². The van der Waals surface area contributed by atoms with Crippen LogP contribution >= 0.6 is 0 Å². The van der Waals surface area contributed by atoms with Crippen molar-refractivity contribution in [1.82, 2.24) is 9.80 Å². The molecule has 0 bridgehead atoms. The Morgan fingerprint density at radius 2 is 1.67 bits per heavy atom. The van der Waals surface area contributed by atoms with Crippen molar-refractivity contribution in [2.75, 3.05) is 26.2 Å². The predicted octanol–water partition coefficient (Wildman–Crippen LogP) is 2.34. The molecule has 1 aliphatic rings. The monoisotopic (exact) mass is 330 g/mol. The largest absolute Gasteiger partial charge is 0.459 e. The zero-order chi connectivity index (χ0) is 16.9. The molecule has 0 aliphatic carbocycles. The van der Waals surface area contributed by atoms with Gasteiger partial charge >= 0.3 is 0 Å². The van der Waals surface area contributed by atoms with Crippen molar-refractivity contribution >= 4 is 11.8 Å². The van der Waals surface area contributed by atoms with Gasteiger partial charge in [0.15, 0.2) is 5.76 Å². The minimum atomic E-state index is -0.276. The molecular weight excluding hydrogens is 311 g/mol. The number of amides is 2. The molecule has 0 spiro atoms. The zero-order valence-corrected chi connectivity index (χ0v) is 13.3. The minimum absolute atomic E-state index is 0.0597. The summed E-state index contributed by atoms with van der Waals surface area (Å²) in [5.41, 5.74) is 0.941. The standard InChI is InChI=1S/C18H19FN2O3/c19-15-6-3-14(4-7-15)5-8-17(22)20-9-11-21(12-10-20)18(23)16-2-1-13-24-16/h1-4,6-7,13H,5,8-12H2. The fraction of sp³-hybridized carbons (Fsp3) is 0.333. The Bertz CT molecular complexity index is 690. The number of rotatable bonds is 4. The Morgan fingerprint density at radius 1 is 1.00 bits per heavy atom. The summed E-state index contributed by atoms with van der Waals surface area (Å²) in [6.45, 7) is 2.05. The predicted molar refractivity (Wildman–Crippen MR) is 85.9 cm³/mol. The number of benzene rings is 1. The van der Waals surface area contributed by atoms with E-state index in [-0.39, 0.29) is 17.6 Å². The first kappa shape index (κ1) is 16.2. The lowest BCUT2D eigenvalue weighted by Crippen LogP contribution is -2.50. The molecule has 2 heterocycles. The number of hydrogen-bond acceptors (Lipinski definition) is 3. The third kappa shape index (κ3) is 3.82. The van der Waals surface area contributed by atoms with Gasteiger partial charge in [-0.2, -0.15) is 0 Å². The summed E-state index contributed by atoms with van der Waals surface area (Å²) in [5, 5.41) is 0. The van der Waals surface area contributed by atoms with Crippen LogP contribution in [-0.2, 0) is 11.2 Å². The molecule has 2 amide bonds. The third-order valence-electron chi connectivity index (χ3n) is 4.19. The van der Waals surface area contributed by atoms with Crippen LogP contribution in [0.15, 0.2) is 47.1 Å². The number of nitrogens with zero attached hydrogens (tertiary/aromatic N) is 2. The summed E-state index contributed by atoms with van der Waals surface area (Å²) in [5.74, 6) is -0.0312. The van der Waals surface area contributed by atoms with Crippen molar-refractivity contribution < 1.29 is 18.4 Å². The second-order valence-electron chi connectivity index (χ2n) is 5.78. The summed E-state index contributed by atoms with van der Waals surface area (Å²) in [7, 11) is 0. The third-order valence-corrected chi connectivity index (χ3v) is 4.19. The van der Waals surface area contributed by atoms with Gasteiger partial charge in [-0.05, 0) is 36.2 Å². The normalized spacial score (nSPS) is 14.7. The Labute approximate surface area is 139 Å². The first-order valence-corrected chi connectivity index (χ1v) is 7.98. The van der Waals surface area contributed by atoms with Gasteiger partial charge in [-0.3, -0.25) is 9.59 Å². The maximum absolute atomic E-state index is 12.9. The van der Waals surface area contributed by atoms with Gasteiger partial charge < -0.3 is 14.2 Å². The Hall–Kier alpha value is -2.63. The molecule has 1 aliphatic heterocycles. The number of furan rings is 1. The highest BCUT2D eigenvalue weighted by atomic mass is 19.1. The first-order chi connectivity index (χ1) is 11.6. The Morgan fingerprint density at radius 3 is 2.29 bits per heavy atom. The number of aryl methyl sites for hydroxylation is 1. The molecule has 126 valence electrons. The van der Waals surface area contributed by atoms with E-state index >= 15 is 0 Å². The van der Waals surface area contributed by atoms with Gasteiger partial charge in [0.1, 0.15) is 5.82 Å². The maximum atomic E-state index is 12.9. The molecule has 0 atom stereocenters. The lowest BCUT2D eigenvalue weighted by atomic mass is 10.1. The molecule has 1 fully saturated rings. The first-order valence-electron chi connectivity index (χ1n) is 7.98. The molecule has 1 saturated heterocycles. The van der Waals surface area contributed by atoms with Crippen molar-refractivity contribution in [1.29, 1.82) is 0 Å². The summed E-state index contributed by atoms with van der Waals surface area (Å²) >= 11 is 0. The lowest BCUT2D eigenvalue weighted by Gasteiger charge is -2.34. The number of halogens is 1. The molecule has 1 aromatic carbocycles. The Balaban J connectivity index is 1.46. The van der Waals surface area contributed by atoms with E-state index in [1.165, 1.54) is 18.4 Å². The van der Waals surface area contributed by atoms with Crippen LogP contribution in [0.4, 0.5) is 4.39 Å². The van der Waals surface area contributed by atoms with Gasteiger partial charge in [0.2, 0.25) is 5.91 Å². The molecule has 5 nitrogen and oxygen atoms in total. The summed E-state index contributed by atoms with van der Waals surface area (Å²) in [6, 6.07) is 9.52. The minimum Gasteiger partial charge on any atom is -0.459 e. The van der Waals surface area contributed by atoms with E-state index in [1.807, 2.05) is 0 Å². The second kappa shape index (κ2) is 7.29. The SMILES string of the molecule is O=C(CCc1ccc(F)cc1)N1CCN(C(=O)c2ccco2)CC1. The van der Waals surface area contributed by atoms with Crippen molar-refractivity contribution in [3.05, 3.63) is 59.8 Å². The van der Waals surface area contributed by atoms with E-state index in [0.29, 0.717) is 44.8 Å². The summed E-state index contributed by atoms with van der Waals surface area (Å²) < 4.78 is 18.0. The van der Waals surface area contributed by atoms with E-state index in [9.17, 15) is 14.0 Å². The number of hydrogen-bond donors (Lipinski definition) is 0. The zero-order valence-electron chi connectivity index (χ0n) is 13.3. The van der Waals surface area contributed by atoms with Crippen LogP contribution in [0, 0.1) is 5.82 Å². The van der Waals surface area contributed by atoms with Crippen molar-refractivity contribution in [2.24, 2.45) is 0 Å². The smallest absolute Gasteiger partial charge is 0.289 e. The Kier molecular flexibility index (Phi) is 4.93. The molecule has 0 radical (unpaired) electrons. The molecular formula is C18H19FN2O3. The van der Waals surface area contributed by atoms with Gasteiger partial charge in [-0.1, -0.05) is 12.1 Å². The molecule has 6 heteroatoms. The van der Waals surface area contributed by atoms with Gasteiger partial charge in [-0.25, -0.2) is 4.39 Å². The van der Waals surface area contributed by atoms with Crippen molar-refractivity contribution in [3.63, 3.8) is 0 Å². The van der Waals surface area contributed by atoms with Crippen LogP contribution in [-0.4, -0.2) is 47.8 Å². The van der Waals surface area contributed by atoms with Crippen LogP contribution in [0.5, 0.6) is 0 Å². The van der Waals surface area contributed by atoms with Crippen LogP contribution < -0.4 is 0 Å².